The number of amidine groups is 1. The second kappa shape index (κ2) is 9.28. The second-order valence-corrected chi connectivity index (χ2v) is 8.82. The number of anilines is 2. The number of nitrogens with zero attached hydrogens (tertiary/aromatic N) is 2. The number of aliphatic imine (C=N–C) groups is 1. The van der Waals surface area contributed by atoms with Crippen molar-refractivity contribution in [2.45, 2.75) is 17.8 Å². The third kappa shape index (κ3) is 5.46. The van der Waals surface area contributed by atoms with E-state index in [1.54, 1.807) is 0 Å². The minimum Gasteiger partial charge on any atom is -0.335 e. The van der Waals surface area contributed by atoms with Crippen LogP contribution in [0.25, 0.3) is 0 Å². The van der Waals surface area contributed by atoms with Crippen molar-refractivity contribution in [2.24, 2.45) is 4.99 Å². The van der Waals surface area contributed by atoms with Gasteiger partial charge in [-0.15, -0.1) is 0 Å². The van der Waals surface area contributed by atoms with Crippen molar-refractivity contribution in [3.05, 3.63) is 57.0 Å². The molecule has 1 heterocycles. The maximum absolute atomic E-state index is 13.1. The number of carbonyl (C=O) groups is 2. The zero-order valence-corrected chi connectivity index (χ0v) is 18.7. The zero-order valence-electron chi connectivity index (χ0n) is 15.6. The summed E-state index contributed by atoms with van der Waals surface area (Å²) in [6.45, 7) is 0. The van der Waals surface area contributed by atoms with E-state index < -0.39 is 33.8 Å². The highest BCUT2D eigenvalue weighted by molar-refractivity contribution is 8.15. The molecule has 164 valence electrons. The minimum atomic E-state index is -4.63. The lowest BCUT2D eigenvalue weighted by molar-refractivity contribution is -0.137. The van der Waals surface area contributed by atoms with E-state index in [0.29, 0.717) is 0 Å². The van der Waals surface area contributed by atoms with Crippen LogP contribution in [0.1, 0.15) is 12.0 Å². The Morgan fingerprint density at radius 2 is 1.77 bits per heavy atom. The number of rotatable bonds is 3. The van der Waals surface area contributed by atoms with Gasteiger partial charge in [0, 0.05) is 29.2 Å². The van der Waals surface area contributed by atoms with Crippen LogP contribution in [0.5, 0.6) is 0 Å². The van der Waals surface area contributed by atoms with Gasteiger partial charge in [-0.05, 0) is 36.4 Å². The third-order valence-electron chi connectivity index (χ3n) is 4.19. The molecule has 3 rings (SSSR count). The number of halogens is 6. The Morgan fingerprint density at radius 1 is 1.13 bits per heavy atom. The smallest absolute Gasteiger partial charge is 0.335 e. The molecular weight excluding hydrogens is 498 g/mol. The Labute approximate surface area is 194 Å². The number of benzene rings is 2. The maximum atomic E-state index is 13.1. The molecule has 0 saturated carbocycles. The van der Waals surface area contributed by atoms with Gasteiger partial charge in [-0.2, -0.15) is 13.2 Å². The van der Waals surface area contributed by atoms with Crippen LogP contribution in [0.3, 0.4) is 0 Å². The molecule has 0 aromatic heterocycles. The summed E-state index contributed by atoms with van der Waals surface area (Å²) in [7, 11) is 1.41. The normalized spacial score (nSPS) is 17.5. The third-order valence-corrected chi connectivity index (χ3v) is 6.12. The molecule has 2 amide bonds. The molecule has 1 atom stereocenters. The van der Waals surface area contributed by atoms with Crippen LogP contribution in [-0.4, -0.2) is 29.3 Å². The number of hydrogen-bond donors (Lipinski definition) is 1. The quantitative estimate of drug-likeness (QED) is 0.307. The average molecular weight is 511 g/mol. The summed E-state index contributed by atoms with van der Waals surface area (Å²) >= 11 is 18.5. The molecule has 1 aliphatic rings. The fourth-order valence-corrected chi connectivity index (χ4v) is 4.58. The lowest BCUT2D eigenvalue weighted by Crippen LogP contribution is -2.31. The molecule has 1 N–H and O–H groups in total. The van der Waals surface area contributed by atoms with E-state index in [4.69, 9.17) is 34.8 Å². The highest BCUT2D eigenvalue weighted by Gasteiger charge is 2.41. The number of nitrogens with one attached hydrogen (secondary N) is 1. The molecular formula is C19H13Cl3F3N3O2S. The van der Waals surface area contributed by atoms with Crippen molar-refractivity contribution in [1.29, 1.82) is 0 Å². The van der Waals surface area contributed by atoms with Crippen molar-refractivity contribution in [3.8, 4) is 0 Å². The summed E-state index contributed by atoms with van der Waals surface area (Å²) in [5.41, 5.74) is -0.679. The lowest BCUT2D eigenvalue weighted by Gasteiger charge is -2.17. The second-order valence-electron chi connectivity index (χ2n) is 6.35. The van der Waals surface area contributed by atoms with Crippen LogP contribution in [0, 0.1) is 0 Å². The molecule has 2 aromatic carbocycles. The van der Waals surface area contributed by atoms with Crippen LogP contribution in [0.15, 0.2) is 41.4 Å². The Kier molecular flexibility index (Phi) is 7.10. The molecule has 12 heteroatoms. The van der Waals surface area contributed by atoms with Gasteiger partial charge in [0.25, 0.3) is 0 Å². The van der Waals surface area contributed by atoms with Crippen LogP contribution < -0.4 is 10.2 Å². The molecule has 1 unspecified atom stereocenters. The number of amides is 2. The Balaban J connectivity index is 1.77. The van der Waals surface area contributed by atoms with Gasteiger partial charge in [0.2, 0.25) is 11.8 Å². The number of thioether (sulfide) groups is 1. The first kappa shape index (κ1) is 23.7. The summed E-state index contributed by atoms with van der Waals surface area (Å²) in [6.07, 6.45) is -4.75. The Hall–Kier alpha value is -1.94. The Morgan fingerprint density at radius 3 is 2.35 bits per heavy atom. The predicted molar refractivity (Wildman–Crippen MR) is 118 cm³/mol. The van der Waals surface area contributed by atoms with E-state index in [1.807, 2.05) is 0 Å². The highest BCUT2D eigenvalue weighted by Crippen LogP contribution is 2.37. The van der Waals surface area contributed by atoms with Gasteiger partial charge in [-0.25, -0.2) is 4.90 Å². The lowest BCUT2D eigenvalue weighted by atomic mass is 10.2. The SMILES string of the molecule is CN=C(Nc1ccc(Cl)c(C(F)(F)F)c1)SC1CC(=O)N(c2cc(Cl)cc(Cl)c2)C1=O. The van der Waals surface area contributed by atoms with E-state index in [0.717, 1.165) is 28.8 Å². The first-order valence-corrected chi connectivity index (χ1v) is 10.6. The standard InChI is InChI=1S/C19H13Cl3F3N3O2S/c1-26-18(27-11-2-3-14(22)13(7-11)19(23,24)25)31-15-8-16(29)28(17(15)30)12-5-9(20)4-10(21)6-12/h2-7,15H,8H2,1H3,(H,26,27). The molecule has 31 heavy (non-hydrogen) atoms. The van der Waals surface area contributed by atoms with E-state index in [9.17, 15) is 22.8 Å². The van der Waals surface area contributed by atoms with Crippen molar-refractivity contribution in [3.63, 3.8) is 0 Å². The van der Waals surface area contributed by atoms with Crippen LogP contribution in [0.4, 0.5) is 24.5 Å². The average Bonchev–Trinajstić information content (AvgIpc) is 2.94. The first-order chi connectivity index (χ1) is 14.5. The first-order valence-electron chi connectivity index (χ1n) is 8.59. The highest BCUT2D eigenvalue weighted by atomic mass is 35.5. The molecule has 2 aromatic rings. The van der Waals surface area contributed by atoms with Gasteiger partial charge in [-0.1, -0.05) is 46.6 Å². The summed E-state index contributed by atoms with van der Waals surface area (Å²) in [5.74, 6) is -0.967. The fourth-order valence-electron chi connectivity index (χ4n) is 2.85. The Bertz CT molecular complexity index is 1060. The van der Waals surface area contributed by atoms with Gasteiger partial charge >= 0.3 is 6.18 Å². The molecule has 0 spiro atoms. The van der Waals surface area contributed by atoms with E-state index in [-0.39, 0.29) is 33.0 Å². The molecule has 0 aliphatic carbocycles. The van der Waals surface area contributed by atoms with Gasteiger partial charge < -0.3 is 5.32 Å². The number of imide groups is 1. The molecule has 0 bridgehead atoms. The fraction of sp³-hybridized carbons (Fsp3) is 0.211. The van der Waals surface area contributed by atoms with E-state index in [2.05, 4.69) is 10.3 Å². The van der Waals surface area contributed by atoms with Crippen LogP contribution in [-0.2, 0) is 15.8 Å². The summed E-state index contributed by atoms with van der Waals surface area (Å²) in [4.78, 5) is 30.2. The van der Waals surface area contributed by atoms with Gasteiger partial charge in [0.15, 0.2) is 5.17 Å². The van der Waals surface area contributed by atoms with Crippen molar-refractivity contribution >= 4 is 74.9 Å². The minimum absolute atomic E-state index is 0.0834. The summed E-state index contributed by atoms with van der Waals surface area (Å²) in [5, 5.41) is 2.16. The van der Waals surface area contributed by atoms with Gasteiger partial charge in [-0.3, -0.25) is 14.6 Å². The molecule has 1 aliphatic heterocycles. The molecule has 5 nitrogen and oxygen atoms in total. The summed E-state index contributed by atoms with van der Waals surface area (Å²) < 4.78 is 39.2. The van der Waals surface area contributed by atoms with Crippen molar-refractivity contribution in [1.82, 2.24) is 0 Å². The number of hydrogen-bond acceptors (Lipinski definition) is 4. The summed E-state index contributed by atoms with van der Waals surface area (Å²) in [6, 6.07) is 7.66. The van der Waals surface area contributed by atoms with Crippen molar-refractivity contribution < 1.29 is 22.8 Å². The predicted octanol–water partition coefficient (Wildman–Crippen LogP) is 6.13. The largest absolute Gasteiger partial charge is 0.417 e. The maximum Gasteiger partial charge on any atom is 0.417 e. The van der Waals surface area contributed by atoms with E-state index in [1.165, 1.54) is 31.3 Å². The van der Waals surface area contributed by atoms with E-state index >= 15 is 0 Å². The number of carbonyl (C=O) groups excluding carboxylic acids is 2. The van der Waals surface area contributed by atoms with Crippen LogP contribution >= 0.6 is 46.6 Å². The van der Waals surface area contributed by atoms with Gasteiger partial charge in [0.05, 0.1) is 16.3 Å². The zero-order chi connectivity index (χ0) is 22.9. The van der Waals surface area contributed by atoms with Crippen molar-refractivity contribution in [2.75, 3.05) is 17.3 Å². The van der Waals surface area contributed by atoms with Gasteiger partial charge in [0.1, 0.15) is 5.25 Å². The topological polar surface area (TPSA) is 61.8 Å². The molecule has 1 fully saturated rings. The molecule has 0 radical (unpaired) electrons. The van der Waals surface area contributed by atoms with Crippen LogP contribution in [0.2, 0.25) is 15.1 Å². The monoisotopic (exact) mass is 509 g/mol. The number of alkyl halides is 3. The molecule has 1 saturated heterocycles.